The molecule has 0 unspecified atom stereocenters. The number of aromatic nitrogens is 5. The molecule has 0 bridgehead atoms. The van der Waals surface area contributed by atoms with Gasteiger partial charge in [-0.2, -0.15) is 9.78 Å². The van der Waals surface area contributed by atoms with Gasteiger partial charge in [-0.05, 0) is 48.6 Å². The first-order chi connectivity index (χ1) is 15.6. The summed E-state index contributed by atoms with van der Waals surface area (Å²) in [7, 11) is 1.59. The average molecular weight is 449 g/mol. The molecule has 0 saturated heterocycles. The van der Waals surface area contributed by atoms with Crippen molar-refractivity contribution in [1.29, 1.82) is 0 Å². The predicted octanol–water partition coefficient (Wildman–Crippen LogP) is 3.90. The summed E-state index contributed by atoms with van der Waals surface area (Å²) < 4.78 is 6.99. The zero-order chi connectivity index (χ0) is 22.5. The number of hydrogen-bond donors (Lipinski definition) is 0. The maximum atomic E-state index is 13.4. The molecule has 0 aromatic carbocycles. The van der Waals surface area contributed by atoms with Crippen molar-refractivity contribution in [2.45, 2.75) is 27.0 Å². The van der Waals surface area contributed by atoms with E-state index in [1.165, 1.54) is 0 Å². The molecule has 0 aliphatic heterocycles. The van der Waals surface area contributed by atoms with E-state index in [0.29, 0.717) is 30.3 Å². The molecule has 4 aromatic rings. The van der Waals surface area contributed by atoms with Crippen LogP contribution in [-0.2, 0) is 17.9 Å². The van der Waals surface area contributed by atoms with Crippen molar-refractivity contribution < 1.29 is 9.53 Å². The van der Waals surface area contributed by atoms with Crippen LogP contribution in [0.2, 0.25) is 0 Å². The average Bonchev–Trinajstić information content (AvgIpc) is 3.49. The molecule has 4 aromatic heterocycles. The first-order valence-corrected chi connectivity index (χ1v) is 11.1. The Kier molecular flexibility index (Phi) is 6.67. The summed E-state index contributed by atoms with van der Waals surface area (Å²) >= 11 is 1.62. The van der Waals surface area contributed by atoms with E-state index >= 15 is 0 Å². The number of thiophene rings is 1. The van der Waals surface area contributed by atoms with E-state index in [1.54, 1.807) is 52.8 Å². The second kappa shape index (κ2) is 9.80. The fourth-order valence-electron chi connectivity index (χ4n) is 3.40. The van der Waals surface area contributed by atoms with Crippen LogP contribution in [0.4, 0.5) is 0 Å². The topological polar surface area (TPSA) is 86.0 Å². The molecular formula is C23H24N6O2S. The second-order valence-electron chi connectivity index (χ2n) is 7.20. The normalized spacial score (nSPS) is 11.0. The van der Waals surface area contributed by atoms with Gasteiger partial charge >= 0.3 is 0 Å². The minimum Gasteiger partial charge on any atom is -0.378 e. The Hall–Kier alpha value is -3.43. The standard InChI is InChI=1S/C23H24N6O2S/c1-4-28(14-17-7-9-24-10-8-17)22(30)18-13-26-29(19(18)15-31-3)23-25-12-16(2)21(27-23)20-6-5-11-32-20/h5-13H,4,14-15H2,1-3H3. The van der Waals surface area contributed by atoms with Crippen LogP contribution >= 0.6 is 11.3 Å². The van der Waals surface area contributed by atoms with Gasteiger partial charge in [0.25, 0.3) is 11.9 Å². The lowest BCUT2D eigenvalue weighted by Gasteiger charge is -2.21. The highest BCUT2D eigenvalue weighted by molar-refractivity contribution is 7.13. The Bertz CT molecular complexity index is 1190. The molecule has 1 amide bonds. The summed E-state index contributed by atoms with van der Waals surface area (Å²) in [6.07, 6.45) is 6.79. The molecular weight excluding hydrogens is 424 g/mol. The van der Waals surface area contributed by atoms with Crippen LogP contribution in [0, 0.1) is 6.92 Å². The minimum absolute atomic E-state index is 0.117. The maximum absolute atomic E-state index is 13.4. The van der Waals surface area contributed by atoms with E-state index in [9.17, 15) is 4.79 Å². The highest BCUT2D eigenvalue weighted by Gasteiger charge is 2.24. The van der Waals surface area contributed by atoms with Gasteiger partial charge in [0.2, 0.25) is 0 Å². The lowest BCUT2D eigenvalue weighted by molar-refractivity contribution is 0.0747. The lowest BCUT2D eigenvalue weighted by Crippen LogP contribution is -2.31. The quantitative estimate of drug-likeness (QED) is 0.406. The number of carbonyl (C=O) groups excluding carboxylic acids is 1. The highest BCUT2D eigenvalue weighted by atomic mass is 32.1. The number of hydrogen-bond acceptors (Lipinski definition) is 7. The number of methoxy groups -OCH3 is 1. The first-order valence-electron chi connectivity index (χ1n) is 10.2. The molecule has 9 heteroatoms. The van der Waals surface area contributed by atoms with Crippen LogP contribution < -0.4 is 0 Å². The summed E-state index contributed by atoms with van der Waals surface area (Å²) in [5.41, 5.74) is 3.93. The molecule has 8 nitrogen and oxygen atoms in total. The molecule has 0 spiro atoms. The number of nitrogens with zero attached hydrogens (tertiary/aromatic N) is 6. The molecule has 4 heterocycles. The number of pyridine rings is 1. The van der Waals surface area contributed by atoms with Gasteiger partial charge in [0.05, 0.1) is 34.6 Å². The van der Waals surface area contributed by atoms with Gasteiger partial charge in [-0.3, -0.25) is 9.78 Å². The van der Waals surface area contributed by atoms with Crippen molar-refractivity contribution in [2.24, 2.45) is 0 Å². The van der Waals surface area contributed by atoms with Crippen LogP contribution in [0.15, 0.2) is 54.4 Å². The van der Waals surface area contributed by atoms with E-state index in [1.807, 2.05) is 43.5 Å². The first kappa shape index (κ1) is 21.8. The Balaban J connectivity index is 1.70. The molecule has 0 aliphatic carbocycles. The Labute approximate surface area is 190 Å². The largest absolute Gasteiger partial charge is 0.378 e. The molecule has 0 saturated carbocycles. The van der Waals surface area contributed by atoms with Gasteiger partial charge in [-0.25, -0.2) is 9.97 Å². The maximum Gasteiger partial charge on any atom is 0.257 e. The molecule has 0 atom stereocenters. The fraction of sp³-hybridized carbons (Fsp3) is 0.261. The van der Waals surface area contributed by atoms with Crippen molar-refractivity contribution in [1.82, 2.24) is 29.6 Å². The number of rotatable bonds is 8. The zero-order valence-corrected chi connectivity index (χ0v) is 19.0. The van der Waals surface area contributed by atoms with Crippen LogP contribution in [0.5, 0.6) is 0 Å². The zero-order valence-electron chi connectivity index (χ0n) is 18.2. The highest BCUT2D eigenvalue weighted by Crippen LogP contribution is 2.26. The second-order valence-corrected chi connectivity index (χ2v) is 8.15. The van der Waals surface area contributed by atoms with Gasteiger partial charge in [0.15, 0.2) is 0 Å². The summed E-state index contributed by atoms with van der Waals surface area (Å²) in [5, 5.41) is 6.47. The number of carbonyl (C=O) groups is 1. The number of aryl methyl sites for hydroxylation is 1. The molecule has 0 radical (unpaired) electrons. The molecule has 164 valence electrons. The van der Waals surface area contributed by atoms with Gasteiger partial charge in [-0.1, -0.05) is 6.07 Å². The van der Waals surface area contributed by atoms with E-state index in [4.69, 9.17) is 9.72 Å². The third-order valence-corrected chi connectivity index (χ3v) is 5.95. The predicted molar refractivity (Wildman–Crippen MR) is 123 cm³/mol. The van der Waals surface area contributed by atoms with Gasteiger partial charge in [0.1, 0.15) is 0 Å². The molecule has 4 rings (SSSR count). The van der Waals surface area contributed by atoms with Crippen molar-refractivity contribution in [3.05, 3.63) is 76.8 Å². The van der Waals surface area contributed by atoms with E-state index in [2.05, 4.69) is 15.1 Å². The van der Waals surface area contributed by atoms with Crippen LogP contribution in [0.25, 0.3) is 16.5 Å². The number of ether oxygens (including phenoxy) is 1. The molecule has 32 heavy (non-hydrogen) atoms. The van der Waals surface area contributed by atoms with Crippen molar-refractivity contribution in [2.75, 3.05) is 13.7 Å². The fourth-order valence-corrected chi connectivity index (χ4v) is 4.18. The monoisotopic (exact) mass is 448 g/mol. The molecule has 0 aliphatic rings. The Morgan fingerprint density at radius 2 is 2.03 bits per heavy atom. The lowest BCUT2D eigenvalue weighted by atomic mass is 10.2. The molecule has 0 fully saturated rings. The molecule has 0 N–H and O–H groups in total. The van der Waals surface area contributed by atoms with Crippen molar-refractivity contribution in [3.8, 4) is 16.5 Å². The SMILES string of the molecule is CCN(Cc1ccncc1)C(=O)c1cnn(-c2ncc(C)c(-c3cccs3)n2)c1COC. The smallest absolute Gasteiger partial charge is 0.257 e. The van der Waals surface area contributed by atoms with E-state index in [-0.39, 0.29) is 12.5 Å². The van der Waals surface area contributed by atoms with Crippen LogP contribution in [0.1, 0.15) is 34.1 Å². The van der Waals surface area contributed by atoms with E-state index in [0.717, 1.165) is 21.7 Å². The van der Waals surface area contributed by atoms with E-state index < -0.39 is 0 Å². The van der Waals surface area contributed by atoms with Crippen molar-refractivity contribution >= 4 is 17.2 Å². The van der Waals surface area contributed by atoms with Gasteiger partial charge < -0.3 is 9.64 Å². The minimum atomic E-state index is -0.117. The summed E-state index contributed by atoms with van der Waals surface area (Å²) in [6, 6.07) is 7.82. The van der Waals surface area contributed by atoms with Crippen LogP contribution in [0.3, 0.4) is 0 Å². The summed E-state index contributed by atoms with van der Waals surface area (Å²) in [4.78, 5) is 29.5. The van der Waals surface area contributed by atoms with Gasteiger partial charge in [-0.15, -0.1) is 11.3 Å². The number of amides is 1. The Morgan fingerprint density at radius 3 is 2.72 bits per heavy atom. The third kappa shape index (κ3) is 4.44. The third-order valence-electron chi connectivity index (χ3n) is 5.08. The van der Waals surface area contributed by atoms with Crippen LogP contribution in [-0.4, -0.2) is 49.2 Å². The van der Waals surface area contributed by atoms with Crippen molar-refractivity contribution in [3.63, 3.8) is 0 Å². The van der Waals surface area contributed by atoms with Gasteiger partial charge in [0, 0.05) is 38.8 Å². The summed E-state index contributed by atoms with van der Waals surface area (Å²) in [5.74, 6) is 0.287. The summed E-state index contributed by atoms with van der Waals surface area (Å²) in [6.45, 7) is 5.18. The Morgan fingerprint density at radius 1 is 1.22 bits per heavy atom.